The SMILES string of the molecule is COc1cc2nn(C3CCC(N(C)C(=O)Oc4ccc([N+](=O)[O-])cc4)CC3)cc2cc1C(=O)Nc1cnc2cccnn12. The van der Waals surface area contributed by atoms with E-state index in [1.807, 2.05) is 10.9 Å². The third-order valence-electron chi connectivity index (χ3n) is 7.74. The zero-order valence-corrected chi connectivity index (χ0v) is 23.4. The van der Waals surface area contributed by atoms with E-state index >= 15 is 0 Å². The van der Waals surface area contributed by atoms with Crippen LogP contribution in [0.15, 0.2) is 67.1 Å². The first-order chi connectivity index (χ1) is 20.8. The number of rotatable bonds is 7. The van der Waals surface area contributed by atoms with Gasteiger partial charge < -0.3 is 19.7 Å². The molecule has 0 aliphatic heterocycles. The number of non-ortho nitro benzene ring substituents is 1. The van der Waals surface area contributed by atoms with Gasteiger partial charge in [0.05, 0.1) is 35.4 Å². The van der Waals surface area contributed by atoms with E-state index in [1.165, 1.54) is 31.4 Å². The number of nitro groups is 1. The first kappa shape index (κ1) is 27.6. The Morgan fingerprint density at radius 1 is 1.12 bits per heavy atom. The molecule has 43 heavy (non-hydrogen) atoms. The summed E-state index contributed by atoms with van der Waals surface area (Å²) in [6, 6.07) is 12.6. The van der Waals surface area contributed by atoms with Gasteiger partial charge in [-0.25, -0.2) is 9.78 Å². The monoisotopic (exact) mass is 584 g/mol. The highest BCUT2D eigenvalue weighted by atomic mass is 16.6. The molecule has 0 spiro atoms. The normalized spacial score (nSPS) is 16.6. The van der Waals surface area contributed by atoms with Gasteiger partial charge in [0.15, 0.2) is 11.5 Å². The molecule has 14 nitrogen and oxygen atoms in total. The number of carbonyl (C=O) groups is 2. The van der Waals surface area contributed by atoms with Crippen LogP contribution in [-0.4, -0.2) is 66.4 Å². The Hall–Kier alpha value is -5.53. The minimum atomic E-state index is -0.514. The second-order valence-electron chi connectivity index (χ2n) is 10.3. The molecule has 0 bridgehead atoms. The predicted molar refractivity (Wildman–Crippen MR) is 155 cm³/mol. The van der Waals surface area contributed by atoms with Crippen molar-refractivity contribution < 1.29 is 24.0 Å². The Morgan fingerprint density at radius 2 is 1.88 bits per heavy atom. The van der Waals surface area contributed by atoms with Crippen molar-refractivity contribution in [1.29, 1.82) is 0 Å². The summed E-state index contributed by atoms with van der Waals surface area (Å²) in [6.45, 7) is 0. The van der Waals surface area contributed by atoms with Crippen LogP contribution in [0.25, 0.3) is 16.6 Å². The Morgan fingerprint density at radius 3 is 2.60 bits per heavy atom. The van der Waals surface area contributed by atoms with Crippen LogP contribution in [0.2, 0.25) is 0 Å². The zero-order valence-electron chi connectivity index (χ0n) is 23.4. The van der Waals surface area contributed by atoms with Gasteiger partial charge in [-0.1, -0.05) is 0 Å². The van der Waals surface area contributed by atoms with Crippen molar-refractivity contribution in [3.63, 3.8) is 0 Å². The highest BCUT2D eigenvalue weighted by molar-refractivity contribution is 6.08. The van der Waals surface area contributed by atoms with E-state index in [9.17, 15) is 19.7 Å². The minimum Gasteiger partial charge on any atom is -0.496 e. The van der Waals surface area contributed by atoms with Crippen LogP contribution < -0.4 is 14.8 Å². The lowest BCUT2D eigenvalue weighted by Gasteiger charge is -2.34. The smallest absolute Gasteiger partial charge is 0.415 e. The highest BCUT2D eigenvalue weighted by Crippen LogP contribution is 2.33. The average Bonchev–Trinajstić information content (AvgIpc) is 3.64. The molecule has 1 aliphatic rings. The van der Waals surface area contributed by atoms with Gasteiger partial charge in [-0.15, -0.1) is 0 Å². The van der Waals surface area contributed by atoms with Crippen LogP contribution in [0.3, 0.4) is 0 Å². The highest BCUT2D eigenvalue weighted by Gasteiger charge is 2.29. The van der Waals surface area contributed by atoms with Gasteiger partial charge in [-0.05, 0) is 56.0 Å². The van der Waals surface area contributed by atoms with E-state index in [-0.39, 0.29) is 29.4 Å². The number of nitrogens with one attached hydrogen (secondary N) is 1. The van der Waals surface area contributed by atoms with E-state index in [0.717, 1.165) is 31.1 Å². The molecule has 1 N–H and O–H groups in total. The molecule has 3 heterocycles. The number of ether oxygens (including phenoxy) is 2. The van der Waals surface area contributed by atoms with E-state index in [2.05, 4.69) is 15.4 Å². The van der Waals surface area contributed by atoms with Gasteiger partial charge in [-0.2, -0.15) is 14.7 Å². The minimum absolute atomic E-state index is 0.0173. The molecule has 0 unspecified atom stereocenters. The first-order valence-electron chi connectivity index (χ1n) is 13.7. The molecule has 1 aliphatic carbocycles. The van der Waals surface area contributed by atoms with Crippen LogP contribution in [-0.2, 0) is 0 Å². The maximum Gasteiger partial charge on any atom is 0.415 e. The maximum atomic E-state index is 13.2. The average molecular weight is 585 g/mol. The van der Waals surface area contributed by atoms with Crippen molar-refractivity contribution in [2.24, 2.45) is 0 Å². The van der Waals surface area contributed by atoms with Crippen LogP contribution in [0.4, 0.5) is 16.3 Å². The molecule has 0 saturated heterocycles. The topological polar surface area (TPSA) is 159 Å². The Kier molecular flexibility index (Phi) is 7.32. The van der Waals surface area contributed by atoms with Crippen molar-refractivity contribution in [1.82, 2.24) is 29.3 Å². The van der Waals surface area contributed by atoms with Gasteiger partial charge in [0.1, 0.15) is 11.5 Å². The summed E-state index contributed by atoms with van der Waals surface area (Å²) >= 11 is 0. The summed E-state index contributed by atoms with van der Waals surface area (Å²) in [6.07, 6.45) is 7.66. The fourth-order valence-corrected chi connectivity index (χ4v) is 5.37. The second-order valence-corrected chi connectivity index (χ2v) is 10.3. The molecule has 1 saturated carbocycles. The third-order valence-corrected chi connectivity index (χ3v) is 7.74. The number of anilines is 1. The number of nitrogens with zero attached hydrogens (tertiary/aromatic N) is 7. The molecule has 0 radical (unpaired) electrons. The number of carbonyl (C=O) groups excluding carboxylic acids is 2. The number of fused-ring (bicyclic) bond motifs is 2. The van der Waals surface area contributed by atoms with Crippen molar-refractivity contribution >= 4 is 40.1 Å². The molecule has 5 aromatic rings. The van der Waals surface area contributed by atoms with Gasteiger partial charge in [0.25, 0.3) is 11.6 Å². The lowest BCUT2D eigenvalue weighted by Crippen LogP contribution is -2.41. The van der Waals surface area contributed by atoms with Crippen molar-refractivity contribution in [2.45, 2.75) is 37.8 Å². The predicted octanol–water partition coefficient (Wildman–Crippen LogP) is 4.86. The number of hydrogen-bond donors (Lipinski definition) is 1. The summed E-state index contributed by atoms with van der Waals surface area (Å²) in [4.78, 5) is 42.1. The Bertz CT molecular complexity index is 1820. The molecule has 14 heteroatoms. The van der Waals surface area contributed by atoms with Gasteiger partial charge in [0, 0.05) is 49.1 Å². The molecule has 1 fully saturated rings. The van der Waals surface area contributed by atoms with Crippen LogP contribution in [0.1, 0.15) is 42.1 Å². The van der Waals surface area contributed by atoms with Gasteiger partial charge in [-0.3, -0.25) is 19.6 Å². The Balaban J connectivity index is 1.11. The molecule has 6 rings (SSSR count). The van der Waals surface area contributed by atoms with E-state index in [4.69, 9.17) is 14.6 Å². The summed E-state index contributed by atoms with van der Waals surface area (Å²) in [5.41, 5.74) is 1.61. The molecule has 3 aromatic heterocycles. The van der Waals surface area contributed by atoms with E-state index in [1.54, 1.807) is 53.1 Å². The number of imidazole rings is 1. The zero-order chi connectivity index (χ0) is 30.1. The van der Waals surface area contributed by atoms with Crippen molar-refractivity contribution in [3.05, 3.63) is 82.8 Å². The number of benzene rings is 2. The summed E-state index contributed by atoms with van der Waals surface area (Å²) in [7, 11) is 3.21. The van der Waals surface area contributed by atoms with Crippen LogP contribution >= 0.6 is 0 Å². The van der Waals surface area contributed by atoms with E-state index in [0.29, 0.717) is 28.3 Å². The lowest BCUT2D eigenvalue weighted by atomic mass is 9.90. The fraction of sp³-hybridized carbons (Fsp3) is 0.276. The number of methoxy groups -OCH3 is 1. The van der Waals surface area contributed by atoms with Gasteiger partial charge >= 0.3 is 6.09 Å². The number of hydrogen-bond acceptors (Lipinski definition) is 9. The van der Waals surface area contributed by atoms with Crippen molar-refractivity contribution in [3.8, 4) is 11.5 Å². The molecule has 2 aromatic carbocycles. The largest absolute Gasteiger partial charge is 0.496 e. The Labute approximate surface area is 245 Å². The molecule has 220 valence electrons. The summed E-state index contributed by atoms with van der Waals surface area (Å²) in [5, 5.41) is 23.5. The fourth-order valence-electron chi connectivity index (χ4n) is 5.37. The van der Waals surface area contributed by atoms with Gasteiger partial charge in [0.2, 0.25) is 0 Å². The second kappa shape index (κ2) is 11.4. The summed E-state index contributed by atoms with van der Waals surface area (Å²) < 4.78 is 14.4. The van der Waals surface area contributed by atoms with Crippen molar-refractivity contribution in [2.75, 3.05) is 19.5 Å². The molecular formula is C29H28N8O6. The van der Waals surface area contributed by atoms with Crippen LogP contribution in [0, 0.1) is 10.1 Å². The van der Waals surface area contributed by atoms with Crippen LogP contribution in [0.5, 0.6) is 11.5 Å². The summed E-state index contributed by atoms with van der Waals surface area (Å²) in [5.74, 6) is 0.729. The molecule has 0 atom stereocenters. The lowest BCUT2D eigenvalue weighted by molar-refractivity contribution is -0.384. The quantitative estimate of drug-likeness (QED) is 0.208. The standard InChI is InChI=1S/C29H28N8O6/c1-34(29(39)43-22-11-9-21(10-12-22)37(40)41)19-5-7-20(8-6-19)35-17-18-14-23(25(42-2)15-24(18)33-35)28(38)32-27-16-30-26-4-3-13-31-36(26)27/h3-4,9-17,19-20H,5-8H2,1-2H3,(H,32,38). The number of aromatic nitrogens is 5. The number of nitro benzene ring substituents is 1. The van der Waals surface area contributed by atoms with E-state index < -0.39 is 11.0 Å². The molecule has 2 amide bonds. The third kappa shape index (κ3) is 5.54. The first-order valence-corrected chi connectivity index (χ1v) is 13.7. The molecular weight excluding hydrogens is 556 g/mol. The number of amides is 2. The maximum absolute atomic E-state index is 13.2.